The number of benzene rings is 2. The lowest BCUT2D eigenvalue weighted by molar-refractivity contribution is -0.150. The van der Waals surface area contributed by atoms with Gasteiger partial charge in [-0.25, -0.2) is 15.0 Å². The smallest absolute Gasteiger partial charge is 0.211 e. The number of aryl methyl sites for hydroxylation is 2. The van der Waals surface area contributed by atoms with Gasteiger partial charge in [-0.2, -0.15) is 0 Å². The number of aromatic nitrogens is 2. The summed E-state index contributed by atoms with van der Waals surface area (Å²) in [5.74, 6) is 2.94. The molecule has 2 atom stereocenters. The summed E-state index contributed by atoms with van der Waals surface area (Å²) in [6.07, 6.45) is 6.72. The highest BCUT2D eigenvalue weighted by Gasteiger charge is 2.53. The summed E-state index contributed by atoms with van der Waals surface area (Å²) in [4.78, 5) is 30.1. The lowest BCUT2D eigenvalue weighted by Crippen LogP contribution is -2.59. The minimum absolute atomic E-state index is 0.0411. The van der Waals surface area contributed by atoms with E-state index in [9.17, 15) is 0 Å². The Labute approximate surface area is 287 Å². The number of hydrogen-bond donors (Lipinski definition) is 2. The number of hydrogen-bond acceptors (Lipinski definition) is 11. The number of hydroxylamine groups is 1. The molecule has 2 spiro atoms. The zero-order chi connectivity index (χ0) is 32.2. The second-order valence-corrected chi connectivity index (χ2v) is 16.5. The van der Waals surface area contributed by atoms with Crippen molar-refractivity contribution in [1.82, 2.24) is 25.2 Å². The summed E-state index contributed by atoms with van der Waals surface area (Å²) in [5, 5.41) is 4.71. The molecule has 4 bridgehead atoms. The van der Waals surface area contributed by atoms with Gasteiger partial charge in [0.1, 0.15) is 17.3 Å². The van der Waals surface area contributed by atoms with E-state index >= 15 is 0 Å². The topological polar surface area (TPSA) is 113 Å². The molecule has 8 aliphatic rings. The van der Waals surface area contributed by atoms with E-state index in [4.69, 9.17) is 32.0 Å². The molecule has 13 heteroatoms. The first-order valence-electron chi connectivity index (χ1n) is 16.6. The molecule has 7 fully saturated rings. The molecular formula is C34H41ClN8O2S2. The number of thiazole rings is 2. The van der Waals surface area contributed by atoms with E-state index in [1.54, 1.807) is 11.3 Å². The van der Waals surface area contributed by atoms with Crippen LogP contribution in [0.1, 0.15) is 49.7 Å². The third-order valence-corrected chi connectivity index (χ3v) is 12.6. The lowest BCUT2D eigenvalue weighted by atomic mass is 9.74. The predicted octanol–water partition coefficient (Wildman–Crippen LogP) is 6.43. The molecule has 3 N–H and O–H groups in total. The number of oxime groups is 1. The van der Waals surface area contributed by atoms with Gasteiger partial charge in [-0.15, -0.1) is 11.3 Å². The molecular weight excluding hydrogens is 652 g/mol. The fourth-order valence-corrected chi connectivity index (χ4v) is 10.2. The lowest BCUT2D eigenvalue weighted by Gasteiger charge is -2.49. The third kappa shape index (κ3) is 6.36. The van der Waals surface area contributed by atoms with Crippen molar-refractivity contribution in [2.45, 2.75) is 63.6 Å². The van der Waals surface area contributed by atoms with Crippen LogP contribution in [0.4, 0.5) is 5.13 Å². The number of fused-ring (bicyclic) bond motifs is 6. The minimum atomic E-state index is -0.0669. The van der Waals surface area contributed by atoms with Crippen molar-refractivity contribution in [2.75, 3.05) is 39.3 Å². The minimum Gasteiger partial charge on any atom is -0.386 e. The Morgan fingerprint density at radius 1 is 0.851 bits per heavy atom. The number of amidine groups is 2. The maximum atomic E-state index is 6.05. The molecule has 47 heavy (non-hydrogen) atoms. The van der Waals surface area contributed by atoms with Crippen LogP contribution in [0.2, 0.25) is 4.47 Å². The molecule has 4 aromatic rings. The van der Waals surface area contributed by atoms with Crippen LogP contribution in [-0.4, -0.2) is 81.9 Å². The molecule has 8 aliphatic heterocycles. The third-order valence-electron chi connectivity index (χ3n) is 10.6. The Bertz CT molecular complexity index is 1840. The van der Waals surface area contributed by atoms with Crippen molar-refractivity contribution < 1.29 is 9.68 Å². The molecule has 2 unspecified atom stereocenters. The normalized spacial score (nSPS) is 32.7. The Hall–Kier alpha value is -2.87. The molecule has 7 saturated heterocycles. The molecule has 12 rings (SSSR count). The number of rotatable bonds is 1. The molecule has 0 saturated carbocycles. The van der Waals surface area contributed by atoms with E-state index in [-0.39, 0.29) is 11.2 Å². The average molecular weight is 693 g/mol. The van der Waals surface area contributed by atoms with Gasteiger partial charge in [-0.3, -0.25) is 15.2 Å². The monoisotopic (exact) mass is 692 g/mol. The summed E-state index contributed by atoms with van der Waals surface area (Å²) in [6, 6.07) is 12.5. The van der Waals surface area contributed by atoms with Crippen LogP contribution in [0.25, 0.3) is 20.4 Å². The van der Waals surface area contributed by atoms with Gasteiger partial charge >= 0.3 is 0 Å². The average Bonchev–Trinajstić information content (AvgIpc) is 3.84. The van der Waals surface area contributed by atoms with E-state index in [1.807, 2.05) is 12.1 Å². The van der Waals surface area contributed by atoms with Crippen LogP contribution < -0.4 is 11.2 Å². The highest BCUT2D eigenvalue weighted by atomic mass is 35.5. The van der Waals surface area contributed by atoms with Crippen LogP contribution in [0, 0.1) is 25.7 Å². The molecule has 10 nitrogen and oxygen atoms in total. The van der Waals surface area contributed by atoms with E-state index < -0.39 is 0 Å². The summed E-state index contributed by atoms with van der Waals surface area (Å²) >= 11 is 8.91. The molecule has 0 amide bonds. The number of halogens is 1. The maximum absolute atomic E-state index is 6.05. The molecule has 248 valence electrons. The number of nitrogens with one attached hydrogen (secondary N) is 1. The summed E-state index contributed by atoms with van der Waals surface area (Å²) < 4.78 is 2.97. The van der Waals surface area contributed by atoms with Crippen LogP contribution in [0.3, 0.4) is 0 Å². The number of piperidine rings is 6. The van der Waals surface area contributed by atoms with E-state index in [1.165, 1.54) is 79.0 Å². The first-order valence-corrected chi connectivity index (χ1v) is 18.6. The van der Waals surface area contributed by atoms with Gasteiger partial charge in [-0.05, 0) is 107 Å². The number of nitrogens with zero attached hydrogens (tertiary/aromatic N) is 6. The second-order valence-electron chi connectivity index (χ2n) is 13.9. The van der Waals surface area contributed by atoms with E-state index in [0.717, 1.165) is 52.6 Å². The van der Waals surface area contributed by atoms with Gasteiger partial charge in [0, 0.05) is 25.4 Å². The van der Waals surface area contributed by atoms with Gasteiger partial charge in [0.15, 0.2) is 10.1 Å². The van der Waals surface area contributed by atoms with Gasteiger partial charge < -0.3 is 15.5 Å². The van der Waals surface area contributed by atoms with Crippen LogP contribution in [0.5, 0.6) is 0 Å². The van der Waals surface area contributed by atoms with Gasteiger partial charge in [-0.1, -0.05) is 40.2 Å². The van der Waals surface area contributed by atoms with Gasteiger partial charge in [0.25, 0.3) is 0 Å². The van der Waals surface area contributed by atoms with E-state index in [2.05, 4.69) is 68.5 Å². The Kier molecular flexibility index (Phi) is 8.38. The van der Waals surface area contributed by atoms with Crippen molar-refractivity contribution in [1.29, 1.82) is 0 Å². The molecule has 0 radical (unpaired) electrons. The van der Waals surface area contributed by atoms with Gasteiger partial charge in [0.05, 0.1) is 26.9 Å². The highest BCUT2D eigenvalue weighted by Crippen LogP contribution is 2.44. The Morgan fingerprint density at radius 2 is 1.45 bits per heavy atom. The fourth-order valence-electron chi connectivity index (χ4n) is 8.15. The highest BCUT2D eigenvalue weighted by molar-refractivity contribution is 7.22. The molecule has 2 aromatic carbocycles. The number of nitrogens with two attached hydrogens (primary N) is 1. The largest absolute Gasteiger partial charge is 0.386 e. The second kappa shape index (κ2) is 12.5. The summed E-state index contributed by atoms with van der Waals surface area (Å²) in [5.41, 5.74) is 13.2. The van der Waals surface area contributed by atoms with Crippen molar-refractivity contribution >= 4 is 71.5 Å². The van der Waals surface area contributed by atoms with E-state index in [0.29, 0.717) is 22.1 Å². The first kappa shape index (κ1) is 31.4. The van der Waals surface area contributed by atoms with Crippen molar-refractivity contribution in [2.24, 2.45) is 27.7 Å². The van der Waals surface area contributed by atoms with Crippen molar-refractivity contribution in [3.8, 4) is 0 Å². The SMILES string of the molecule is Cc1ccc2nc(Cl)sc2c1.Cc1ccc2nc(N=C3CC4(CN5CCC4CC5)ON3)sc2c1.NC1=NOC2(C1)CN1CCC2CC1. The van der Waals surface area contributed by atoms with Crippen LogP contribution in [-0.2, 0) is 9.68 Å². The predicted molar refractivity (Wildman–Crippen MR) is 191 cm³/mol. The molecule has 2 aromatic heterocycles. The zero-order valence-electron chi connectivity index (χ0n) is 26.9. The van der Waals surface area contributed by atoms with Crippen molar-refractivity contribution in [3.05, 3.63) is 52.0 Å². The van der Waals surface area contributed by atoms with Gasteiger partial charge in [0.2, 0.25) is 5.13 Å². The Balaban J connectivity index is 0.000000114. The molecule has 10 heterocycles. The Morgan fingerprint density at radius 3 is 2.02 bits per heavy atom. The van der Waals surface area contributed by atoms with Crippen LogP contribution in [0.15, 0.2) is 46.5 Å². The zero-order valence-corrected chi connectivity index (χ0v) is 29.3. The van der Waals surface area contributed by atoms with Crippen molar-refractivity contribution in [3.63, 3.8) is 0 Å². The maximum Gasteiger partial charge on any atom is 0.211 e. The summed E-state index contributed by atoms with van der Waals surface area (Å²) in [6.45, 7) is 11.1. The quantitative estimate of drug-likeness (QED) is 0.235. The number of aliphatic imine (C=N–C) groups is 1. The molecule has 0 aliphatic carbocycles. The first-order chi connectivity index (χ1) is 22.7. The standard InChI is InChI=1S/C17H20N4OS.C9H15N3O.C8H6ClNS/c1-11-2-3-13-14(8-11)23-16(18-13)19-15-9-17(22-20-15)10-21-6-4-12(17)5-7-21;10-8-5-9(13-11-8)6-12-3-1-7(9)2-4-12;1-5-2-3-6-7(4-5)11-8(9)10-6/h2-3,8,12H,4-7,9-10H2,1H3,(H,18,19,20);7H,1-6H2,(H2,10,11);2-4H,1H3. The van der Waals surface area contributed by atoms with Crippen LogP contribution >= 0.6 is 34.3 Å². The fraction of sp³-hybridized carbons (Fsp3) is 0.529. The summed E-state index contributed by atoms with van der Waals surface area (Å²) in [7, 11) is 0.